The highest BCUT2D eigenvalue weighted by Crippen LogP contribution is 2.35. The van der Waals surface area contributed by atoms with E-state index in [1.54, 1.807) is 19.2 Å². The lowest BCUT2D eigenvalue weighted by atomic mass is 10.1. The number of benzene rings is 3. The summed E-state index contributed by atoms with van der Waals surface area (Å²) in [6.45, 7) is 5.47. The zero-order valence-corrected chi connectivity index (χ0v) is 23.3. The van der Waals surface area contributed by atoms with E-state index in [2.05, 4.69) is 26.2 Å². The van der Waals surface area contributed by atoms with Crippen molar-refractivity contribution in [2.45, 2.75) is 6.42 Å². The van der Waals surface area contributed by atoms with E-state index in [-0.39, 0.29) is 5.91 Å². The summed E-state index contributed by atoms with van der Waals surface area (Å²) < 4.78 is 5.62. The lowest BCUT2D eigenvalue weighted by molar-refractivity contribution is 0.0951. The first kappa shape index (κ1) is 26.7. The van der Waals surface area contributed by atoms with E-state index in [1.165, 1.54) is 5.69 Å². The molecular formula is C29H29Cl3N4O2. The number of fused-ring (bicyclic) bond motifs is 1. The SMILES string of the molecule is COc1cc(C(=O)NCCCN2CCN(c3cccc(Cl)c3)CC2)ccc1-c1cc2cc(Cl)c(Cl)cc2[nH]1. The first-order valence-corrected chi connectivity index (χ1v) is 13.7. The highest BCUT2D eigenvalue weighted by molar-refractivity contribution is 6.42. The standard InChI is InChI=1S/C29H29Cl3N4O2/c1-38-28-16-19(6-7-23(28)27-15-20-14-24(31)25(32)18-26(20)34-27)29(37)33-8-3-9-35-10-12-36(13-11-35)22-5-2-4-21(30)17-22/h2,4-7,14-18,34H,3,8-13H2,1H3,(H,33,37). The zero-order valence-electron chi connectivity index (χ0n) is 21.1. The minimum absolute atomic E-state index is 0.115. The van der Waals surface area contributed by atoms with Crippen molar-refractivity contribution in [2.75, 3.05) is 51.3 Å². The molecule has 1 aromatic heterocycles. The number of nitrogens with zero attached hydrogens (tertiary/aromatic N) is 2. The first-order chi connectivity index (χ1) is 18.4. The quantitative estimate of drug-likeness (QED) is 0.230. The summed E-state index contributed by atoms with van der Waals surface area (Å²) in [7, 11) is 1.60. The van der Waals surface area contributed by atoms with Crippen LogP contribution in [0.5, 0.6) is 5.75 Å². The minimum atomic E-state index is -0.115. The summed E-state index contributed by atoms with van der Waals surface area (Å²) in [6, 6.07) is 19.1. The van der Waals surface area contributed by atoms with E-state index in [0.717, 1.165) is 66.3 Å². The van der Waals surface area contributed by atoms with Crippen molar-refractivity contribution < 1.29 is 9.53 Å². The normalized spacial score (nSPS) is 14.2. The molecule has 0 atom stereocenters. The van der Waals surface area contributed by atoms with Crippen LogP contribution in [0, 0.1) is 0 Å². The molecule has 0 aliphatic carbocycles. The van der Waals surface area contributed by atoms with E-state index in [0.29, 0.717) is 27.9 Å². The summed E-state index contributed by atoms with van der Waals surface area (Å²) in [5.74, 6) is 0.495. The van der Waals surface area contributed by atoms with Gasteiger partial charge in [-0.25, -0.2) is 0 Å². The van der Waals surface area contributed by atoms with E-state index in [4.69, 9.17) is 39.5 Å². The van der Waals surface area contributed by atoms with E-state index in [1.807, 2.05) is 42.5 Å². The number of rotatable bonds is 8. The van der Waals surface area contributed by atoms with Crippen LogP contribution >= 0.6 is 34.8 Å². The lowest BCUT2D eigenvalue weighted by Crippen LogP contribution is -2.47. The van der Waals surface area contributed by atoms with Crippen LogP contribution in [0.25, 0.3) is 22.2 Å². The van der Waals surface area contributed by atoms with Gasteiger partial charge in [-0.2, -0.15) is 0 Å². The molecule has 4 aromatic rings. The van der Waals surface area contributed by atoms with Crippen LogP contribution in [0.3, 0.4) is 0 Å². The molecule has 0 saturated carbocycles. The fourth-order valence-electron chi connectivity index (χ4n) is 4.84. The molecule has 3 aromatic carbocycles. The number of amides is 1. The van der Waals surface area contributed by atoms with Crippen molar-refractivity contribution in [1.82, 2.24) is 15.2 Å². The Labute approximate surface area is 237 Å². The van der Waals surface area contributed by atoms with Gasteiger partial charge < -0.3 is 19.9 Å². The van der Waals surface area contributed by atoms with Gasteiger partial charge in [0.25, 0.3) is 5.91 Å². The number of anilines is 1. The molecule has 2 heterocycles. The molecule has 0 spiro atoms. The number of aromatic nitrogens is 1. The number of H-pyrrole nitrogens is 1. The fraction of sp³-hybridized carbons (Fsp3) is 0.276. The Morgan fingerprint density at radius 3 is 2.53 bits per heavy atom. The maximum Gasteiger partial charge on any atom is 0.251 e. The molecule has 0 bridgehead atoms. The Hall–Kier alpha value is -2.90. The maximum atomic E-state index is 12.8. The number of methoxy groups -OCH3 is 1. The summed E-state index contributed by atoms with van der Waals surface area (Å²) in [5, 5.41) is 5.75. The Morgan fingerprint density at radius 2 is 1.76 bits per heavy atom. The third kappa shape index (κ3) is 6.05. The van der Waals surface area contributed by atoms with Crippen LogP contribution in [0.15, 0.2) is 60.7 Å². The molecule has 1 aliphatic heterocycles. The molecule has 0 radical (unpaired) electrons. The van der Waals surface area contributed by atoms with Gasteiger partial charge in [0.05, 0.1) is 22.8 Å². The maximum absolute atomic E-state index is 12.8. The third-order valence-electron chi connectivity index (χ3n) is 6.90. The molecule has 2 N–H and O–H groups in total. The molecule has 6 nitrogen and oxygen atoms in total. The highest BCUT2D eigenvalue weighted by atomic mass is 35.5. The molecule has 5 rings (SSSR count). The topological polar surface area (TPSA) is 60.6 Å². The molecule has 0 unspecified atom stereocenters. The largest absolute Gasteiger partial charge is 0.496 e. The predicted octanol–water partition coefficient (Wildman–Crippen LogP) is 6.75. The van der Waals surface area contributed by atoms with Gasteiger partial charge in [-0.05, 0) is 67.6 Å². The van der Waals surface area contributed by atoms with Crippen molar-refractivity contribution in [3.05, 3.63) is 81.3 Å². The molecule has 198 valence electrons. The van der Waals surface area contributed by atoms with Crippen LogP contribution in [0.1, 0.15) is 16.8 Å². The second-order valence-electron chi connectivity index (χ2n) is 9.37. The Kier molecular flexibility index (Phi) is 8.34. The van der Waals surface area contributed by atoms with E-state index >= 15 is 0 Å². The predicted molar refractivity (Wildman–Crippen MR) is 157 cm³/mol. The third-order valence-corrected chi connectivity index (χ3v) is 7.86. The number of nitrogens with one attached hydrogen (secondary N) is 2. The van der Waals surface area contributed by atoms with Crippen molar-refractivity contribution in [3.8, 4) is 17.0 Å². The van der Waals surface area contributed by atoms with Crippen LogP contribution < -0.4 is 15.0 Å². The minimum Gasteiger partial charge on any atom is -0.496 e. The Bertz CT molecular complexity index is 1410. The van der Waals surface area contributed by atoms with Crippen molar-refractivity contribution >= 4 is 57.3 Å². The molecule has 1 saturated heterocycles. The summed E-state index contributed by atoms with van der Waals surface area (Å²) in [4.78, 5) is 21.0. The number of hydrogen-bond acceptors (Lipinski definition) is 4. The van der Waals surface area contributed by atoms with Crippen molar-refractivity contribution in [3.63, 3.8) is 0 Å². The average molecular weight is 572 g/mol. The van der Waals surface area contributed by atoms with Gasteiger partial charge in [0, 0.05) is 65.5 Å². The molecule has 38 heavy (non-hydrogen) atoms. The van der Waals surface area contributed by atoms with Crippen molar-refractivity contribution in [2.24, 2.45) is 0 Å². The van der Waals surface area contributed by atoms with Gasteiger partial charge in [-0.3, -0.25) is 9.69 Å². The number of aromatic amines is 1. The summed E-state index contributed by atoms with van der Waals surface area (Å²) in [5.41, 5.74) is 4.32. The van der Waals surface area contributed by atoms with Gasteiger partial charge in [-0.15, -0.1) is 0 Å². The second kappa shape index (κ2) is 11.9. The van der Waals surface area contributed by atoms with E-state index < -0.39 is 0 Å². The highest BCUT2D eigenvalue weighted by Gasteiger charge is 2.18. The zero-order chi connectivity index (χ0) is 26.6. The average Bonchev–Trinajstić information content (AvgIpc) is 3.33. The van der Waals surface area contributed by atoms with Gasteiger partial charge in [0.1, 0.15) is 5.75 Å². The Morgan fingerprint density at radius 1 is 0.974 bits per heavy atom. The smallest absolute Gasteiger partial charge is 0.251 e. The lowest BCUT2D eigenvalue weighted by Gasteiger charge is -2.36. The number of piperazine rings is 1. The number of ether oxygens (including phenoxy) is 1. The van der Waals surface area contributed by atoms with Crippen LogP contribution in [0.4, 0.5) is 5.69 Å². The van der Waals surface area contributed by atoms with Crippen molar-refractivity contribution in [1.29, 1.82) is 0 Å². The van der Waals surface area contributed by atoms with Crippen LogP contribution in [-0.2, 0) is 0 Å². The van der Waals surface area contributed by atoms with Crippen LogP contribution in [0.2, 0.25) is 15.1 Å². The number of hydrogen-bond donors (Lipinski definition) is 2. The van der Waals surface area contributed by atoms with Gasteiger partial charge in [0.2, 0.25) is 0 Å². The number of halogens is 3. The molecule has 1 amide bonds. The monoisotopic (exact) mass is 570 g/mol. The summed E-state index contributed by atoms with van der Waals surface area (Å²) in [6.07, 6.45) is 0.887. The number of carbonyl (C=O) groups excluding carboxylic acids is 1. The molecule has 1 fully saturated rings. The van der Waals surface area contributed by atoms with Gasteiger partial charge in [-0.1, -0.05) is 40.9 Å². The van der Waals surface area contributed by atoms with Gasteiger partial charge >= 0.3 is 0 Å². The summed E-state index contributed by atoms with van der Waals surface area (Å²) >= 11 is 18.5. The van der Waals surface area contributed by atoms with E-state index in [9.17, 15) is 4.79 Å². The molecule has 9 heteroatoms. The van der Waals surface area contributed by atoms with Gasteiger partial charge in [0.15, 0.2) is 0 Å². The molecular weight excluding hydrogens is 543 g/mol. The Balaban J connectivity index is 1.13. The first-order valence-electron chi connectivity index (χ1n) is 12.6. The fourth-order valence-corrected chi connectivity index (χ4v) is 5.36. The van der Waals surface area contributed by atoms with Crippen LogP contribution in [-0.4, -0.2) is 62.2 Å². The second-order valence-corrected chi connectivity index (χ2v) is 10.6. The molecule has 1 aliphatic rings. The number of carbonyl (C=O) groups is 1.